The standard InChI is InChI=1S/C20H16N2O2/c23-20(16-10-5-2-6-11-16)22-14-18(15-8-3-1-4-9-15)24-17-12-7-13-21-19(17)22/h1-13,18H,14H2. The molecule has 1 aromatic heterocycles. The molecule has 4 nitrogen and oxygen atoms in total. The Morgan fingerprint density at radius 1 is 0.958 bits per heavy atom. The van der Waals surface area contributed by atoms with Gasteiger partial charge in [0.1, 0.15) is 6.10 Å². The lowest BCUT2D eigenvalue weighted by Crippen LogP contribution is -2.40. The molecule has 0 N–H and O–H groups in total. The van der Waals surface area contributed by atoms with E-state index in [9.17, 15) is 4.79 Å². The van der Waals surface area contributed by atoms with Crippen molar-refractivity contribution < 1.29 is 9.53 Å². The largest absolute Gasteiger partial charge is 0.480 e. The minimum absolute atomic E-state index is 0.0696. The van der Waals surface area contributed by atoms with E-state index in [0.717, 1.165) is 5.56 Å². The van der Waals surface area contributed by atoms with Gasteiger partial charge in [0.15, 0.2) is 11.6 Å². The van der Waals surface area contributed by atoms with E-state index < -0.39 is 0 Å². The van der Waals surface area contributed by atoms with Gasteiger partial charge in [-0.25, -0.2) is 4.98 Å². The van der Waals surface area contributed by atoms with Crippen LogP contribution in [-0.2, 0) is 0 Å². The number of carbonyl (C=O) groups excluding carboxylic acids is 1. The highest BCUT2D eigenvalue weighted by molar-refractivity contribution is 6.06. The lowest BCUT2D eigenvalue weighted by molar-refractivity contribution is 0.0954. The molecular formula is C20H16N2O2. The van der Waals surface area contributed by atoms with Gasteiger partial charge in [0.2, 0.25) is 0 Å². The zero-order valence-electron chi connectivity index (χ0n) is 13.0. The molecule has 0 bridgehead atoms. The van der Waals surface area contributed by atoms with Crippen molar-refractivity contribution in [3.63, 3.8) is 0 Å². The van der Waals surface area contributed by atoms with E-state index in [1.54, 1.807) is 11.1 Å². The molecule has 0 spiro atoms. The summed E-state index contributed by atoms with van der Waals surface area (Å²) in [6, 6.07) is 22.9. The summed E-state index contributed by atoms with van der Waals surface area (Å²) < 4.78 is 6.08. The first kappa shape index (κ1) is 14.5. The van der Waals surface area contributed by atoms with E-state index in [2.05, 4.69) is 4.98 Å². The third kappa shape index (κ3) is 2.63. The summed E-state index contributed by atoms with van der Waals surface area (Å²) in [5.41, 5.74) is 1.68. The van der Waals surface area contributed by atoms with Gasteiger partial charge in [-0.2, -0.15) is 0 Å². The van der Waals surface area contributed by atoms with Crippen LogP contribution in [0.15, 0.2) is 79.0 Å². The Morgan fingerprint density at radius 2 is 1.67 bits per heavy atom. The fourth-order valence-electron chi connectivity index (χ4n) is 2.88. The minimum Gasteiger partial charge on any atom is -0.480 e. The van der Waals surface area contributed by atoms with Gasteiger partial charge in [-0.05, 0) is 29.8 Å². The lowest BCUT2D eigenvalue weighted by Gasteiger charge is -2.34. The number of ether oxygens (including phenoxy) is 1. The second-order valence-electron chi connectivity index (χ2n) is 5.62. The minimum atomic E-state index is -0.212. The van der Waals surface area contributed by atoms with Crippen LogP contribution in [0.3, 0.4) is 0 Å². The second-order valence-corrected chi connectivity index (χ2v) is 5.62. The number of anilines is 1. The number of hydrogen-bond acceptors (Lipinski definition) is 3. The molecule has 2 heterocycles. The molecule has 2 aromatic carbocycles. The van der Waals surface area contributed by atoms with Crippen molar-refractivity contribution in [1.29, 1.82) is 0 Å². The van der Waals surface area contributed by atoms with E-state index in [4.69, 9.17) is 4.74 Å². The average molecular weight is 316 g/mol. The summed E-state index contributed by atoms with van der Waals surface area (Å²) in [4.78, 5) is 19.0. The highest BCUT2D eigenvalue weighted by Gasteiger charge is 2.32. The number of nitrogens with zero attached hydrogens (tertiary/aromatic N) is 2. The summed E-state index contributed by atoms with van der Waals surface area (Å²) in [6.45, 7) is 0.432. The van der Waals surface area contributed by atoms with Gasteiger partial charge >= 0.3 is 0 Å². The Balaban J connectivity index is 1.73. The molecule has 24 heavy (non-hydrogen) atoms. The Morgan fingerprint density at radius 3 is 2.42 bits per heavy atom. The van der Waals surface area contributed by atoms with Crippen LogP contribution in [0.1, 0.15) is 22.0 Å². The number of benzene rings is 2. The molecule has 3 aromatic rings. The van der Waals surface area contributed by atoms with Crippen molar-refractivity contribution >= 4 is 11.7 Å². The first-order chi connectivity index (χ1) is 11.8. The molecule has 4 heteroatoms. The van der Waals surface area contributed by atoms with E-state index in [1.165, 1.54) is 0 Å². The molecule has 1 unspecified atom stereocenters. The van der Waals surface area contributed by atoms with Crippen LogP contribution in [0.5, 0.6) is 5.75 Å². The summed E-state index contributed by atoms with van der Waals surface area (Å²) in [5.74, 6) is 1.13. The summed E-state index contributed by atoms with van der Waals surface area (Å²) in [5, 5.41) is 0. The van der Waals surface area contributed by atoms with Crippen LogP contribution in [0, 0.1) is 0 Å². The number of hydrogen-bond donors (Lipinski definition) is 0. The zero-order chi connectivity index (χ0) is 16.4. The monoisotopic (exact) mass is 316 g/mol. The predicted molar refractivity (Wildman–Crippen MR) is 92.2 cm³/mol. The van der Waals surface area contributed by atoms with Crippen LogP contribution < -0.4 is 9.64 Å². The quantitative estimate of drug-likeness (QED) is 0.721. The van der Waals surface area contributed by atoms with E-state index in [1.807, 2.05) is 72.8 Å². The molecule has 0 fully saturated rings. The summed E-state index contributed by atoms with van der Waals surface area (Å²) in [6.07, 6.45) is 1.46. The SMILES string of the molecule is O=C(c1ccccc1)N1CC(c2ccccc2)Oc2cccnc21. The van der Waals surface area contributed by atoms with Crippen LogP contribution >= 0.6 is 0 Å². The van der Waals surface area contributed by atoms with Crippen LogP contribution in [0.4, 0.5) is 5.82 Å². The number of amides is 1. The van der Waals surface area contributed by atoms with Gasteiger partial charge in [0.05, 0.1) is 6.54 Å². The van der Waals surface area contributed by atoms with E-state index >= 15 is 0 Å². The van der Waals surface area contributed by atoms with Crippen molar-refractivity contribution in [3.05, 3.63) is 90.1 Å². The maximum absolute atomic E-state index is 13.0. The fourth-order valence-corrected chi connectivity index (χ4v) is 2.88. The topological polar surface area (TPSA) is 42.4 Å². The number of aromatic nitrogens is 1. The van der Waals surface area contributed by atoms with Crippen molar-refractivity contribution in [2.45, 2.75) is 6.10 Å². The number of pyridine rings is 1. The predicted octanol–water partition coefficient (Wildman–Crippen LogP) is 3.86. The Kier molecular flexibility index (Phi) is 3.71. The molecule has 0 saturated carbocycles. The number of carbonyl (C=O) groups is 1. The lowest BCUT2D eigenvalue weighted by atomic mass is 10.1. The van der Waals surface area contributed by atoms with Gasteiger partial charge in [-0.3, -0.25) is 9.69 Å². The molecule has 0 aliphatic carbocycles. The molecule has 4 rings (SSSR count). The van der Waals surface area contributed by atoms with Gasteiger partial charge in [0.25, 0.3) is 5.91 Å². The highest BCUT2D eigenvalue weighted by atomic mass is 16.5. The average Bonchev–Trinajstić information content (AvgIpc) is 2.68. The number of fused-ring (bicyclic) bond motifs is 1. The third-order valence-corrected chi connectivity index (χ3v) is 4.06. The summed E-state index contributed by atoms with van der Waals surface area (Å²) >= 11 is 0. The second kappa shape index (κ2) is 6.16. The molecule has 118 valence electrons. The molecule has 0 radical (unpaired) electrons. The van der Waals surface area contributed by atoms with Gasteiger partial charge in [0, 0.05) is 11.8 Å². The van der Waals surface area contributed by atoms with Gasteiger partial charge < -0.3 is 4.74 Å². The van der Waals surface area contributed by atoms with Crippen molar-refractivity contribution in [2.24, 2.45) is 0 Å². The van der Waals surface area contributed by atoms with E-state index in [-0.39, 0.29) is 12.0 Å². The number of rotatable bonds is 2. The smallest absolute Gasteiger partial charge is 0.259 e. The molecule has 1 aliphatic rings. The van der Waals surface area contributed by atoms with E-state index in [0.29, 0.717) is 23.7 Å². The molecule has 0 saturated heterocycles. The Labute approximate surface area is 140 Å². The molecule has 1 atom stereocenters. The maximum Gasteiger partial charge on any atom is 0.259 e. The highest BCUT2D eigenvalue weighted by Crippen LogP contribution is 2.36. The normalized spacial score (nSPS) is 16.2. The first-order valence-electron chi connectivity index (χ1n) is 7.86. The zero-order valence-corrected chi connectivity index (χ0v) is 13.0. The molecule has 1 aliphatic heterocycles. The van der Waals surface area contributed by atoms with Crippen molar-refractivity contribution in [2.75, 3.05) is 11.4 Å². The Hall–Kier alpha value is -3.14. The Bertz CT molecular complexity index is 850. The fraction of sp³-hybridized carbons (Fsp3) is 0.100. The summed E-state index contributed by atoms with van der Waals surface area (Å²) in [7, 11) is 0. The van der Waals surface area contributed by atoms with Crippen molar-refractivity contribution in [1.82, 2.24) is 4.98 Å². The maximum atomic E-state index is 13.0. The van der Waals surface area contributed by atoms with Crippen molar-refractivity contribution in [3.8, 4) is 5.75 Å². The molecule has 1 amide bonds. The third-order valence-electron chi connectivity index (χ3n) is 4.06. The molecular weight excluding hydrogens is 300 g/mol. The van der Waals surface area contributed by atoms with Crippen LogP contribution in [0.25, 0.3) is 0 Å². The first-order valence-corrected chi connectivity index (χ1v) is 7.86. The van der Waals surface area contributed by atoms with Crippen LogP contribution in [-0.4, -0.2) is 17.4 Å². The van der Waals surface area contributed by atoms with Gasteiger partial charge in [-0.1, -0.05) is 48.5 Å². The van der Waals surface area contributed by atoms with Crippen LogP contribution in [0.2, 0.25) is 0 Å². The van der Waals surface area contributed by atoms with Gasteiger partial charge in [-0.15, -0.1) is 0 Å².